The third kappa shape index (κ3) is 5.27. The summed E-state index contributed by atoms with van der Waals surface area (Å²) in [5.74, 6) is 1.11. The van der Waals surface area contributed by atoms with Crippen molar-refractivity contribution >= 4 is 0 Å². The molecule has 3 N–H and O–H groups in total. The van der Waals surface area contributed by atoms with Gasteiger partial charge in [0, 0.05) is 13.0 Å². The van der Waals surface area contributed by atoms with E-state index >= 15 is 0 Å². The number of hydrogen-bond donors (Lipinski definition) is 3. The van der Waals surface area contributed by atoms with Gasteiger partial charge in [-0.3, -0.25) is 0 Å². The zero-order chi connectivity index (χ0) is 22.1. The van der Waals surface area contributed by atoms with Crippen LogP contribution in [0.5, 0.6) is 0 Å². The monoisotopic (exact) mass is 418 g/mol. The van der Waals surface area contributed by atoms with Crippen LogP contribution in [0.4, 0.5) is 0 Å². The number of fused-ring (bicyclic) bond motifs is 1. The van der Waals surface area contributed by atoms with E-state index in [4.69, 9.17) is 4.74 Å². The van der Waals surface area contributed by atoms with Crippen LogP contribution in [0.2, 0.25) is 0 Å². The van der Waals surface area contributed by atoms with Crippen molar-refractivity contribution in [2.24, 2.45) is 17.3 Å². The second kappa shape index (κ2) is 9.28. The Bertz CT molecular complexity index is 686. The van der Waals surface area contributed by atoms with E-state index in [1.54, 1.807) is 0 Å². The Morgan fingerprint density at radius 2 is 2.00 bits per heavy atom. The Balaban J connectivity index is 1.70. The van der Waals surface area contributed by atoms with Gasteiger partial charge < -0.3 is 20.1 Å². The van der Waals surface area contributed by atoms with E-state index in [-0.39, 0.29) is 11.5 Å². The summed E-state index contributed by atoms with van der Waals surface area (Å²) in [6, 6.07) is 0. The molecule has 0 amide bonds. The predicted octanol–water partition coefficient (Wildman–Crippen LogP) is 4.69. The first-order valence-corrected chi connectivity index (χ1v) is 11.8. The average Bonchev–Trinajstić information content (AvgIpc) is 3.00. The van der Waals surface area contributed by atoms with E-state index < -0.39 is 17.8 Å². The van der Waals surface area contributed by atoms with Crippen molar-refractivity contribution in [2.75, 3.05) is 6.61 Å². The molecule has 3 fully saturated rings. The summed E-state index contributed by atoms with van der Waals surface area (Å²) >= 11 is 0. The normalized spacial score (nSPS) is 38.8. The molecular weight excluding hydrogens is 376 g/mol. The average molecular weight is 419 g/mol. The maximum Gasteiger partial charge on any atom is 0.0811 e. The zero-order valence-corrected chi connectivity index (χ0v) is 19.4. The molecule has 0 aromatic rings. The van der Waals surface area contributed by atoms with Crippen LogP contribution in [0.1, 0.15) is 79.1 Å². The fourth-order valence-electron chi connectivity index (χ4n) is 6.13. The van der Waals surface area contributed by atoms with Gasteiger partial charge >= 0.3 is 0 Å². The van der Waals surface area contributed by atoms with Crippen LogP contribution in [-0.2, 0) is 4.74 Å². The maximum absolute atomic E-state index is 10.1. The van der Waals surface area contributed by atoms with Gasteiger partial charge in [-0.1, -0.05) is 31.2 Å². The summed E-state index contributed by atoms with van der Waals surface area (Å²) in [7, 11) is 0. The van der Waals surface area contributed by atoms with Gasteiger partial charge in [0.1, 0.15) is 0 Å². The Morgan fingerprint density at radius 3 is 2.70 bits per heavy atom. The highest BCUT2D eigenvalue weighted by Gasteiger charge is 2.51. The molecule has 0 heterocycles. The Morgan fingerprint density at radius 1 is 1.27 bits per heavy atom. The molecule has 2 unspecified atom stereocenters. The van der Waals surface area contributed by atoms with Crippen molar-refractivity contribution < 1.29 is 20.1 Å². The fraction of sp³-hybridized carbons (Fsp3) is 0.769. The number of allylic oxidation sites excluding steroid dienone is 3. The van der Waals surface area contributed by atoms with Gasteiger partial charge in [0.25, 0.3) is 0 Å². The summed E-state index contributed by atoms with van der Waals surface area (Å²) in [5.41, 5.74) is 2.82. The van der Waals surface area contributed by atoms with E-state index in [9.17, 15) is 15.3 Å². The first-order chi connectivity index (χ1) is 14.0. The standard InChI is InChI=1S/C26H42O4/c1-17-20(15-21(27)16-24(17)28)9-8-19-7-6-12-26(5)22(10-11-23(19)26)18(2)30-14-13-25(3,4)29/h8-9,18,21-24,27-29H,1,6-7,10-16H2,2-5H3/b19-8+,20-9-/t18-,21?,22+,23-,24?,26+/m0/s1. The highest BCUT2D eigenvalue weighted by Crippen LogP contribution is 2.58. The van der Waals surface area contributed by atoms with Crippen LogP contribution >= 0.6 is 0 Å². The van der Waals surface area contributed by atoms with Gasteiger partial charge in [-0.15, -0.1) is 0 Å². The van der Waals surface area contributed by atoms with Crippen LogP contribution in [0.3, 0.4) is 0 Å². The number of ether oxygens (including phenoxy) is 1. The summed E-state index contributed by atoms with van der Waals surface area (Å²) in [5, 5.41) is 30.1. The first-order valence-electron chi connectivity index (χ1n) is 11.8. The predicted molar refractivity (Wildman–Crippen MR) is 121 cm³/mol. The van der Waals surface area contributed by atoms with E-state index in [0.717, 1.165) is 17.6 Å². The molecule has 0 aromatic heterocycles. The van der Waals surface area contributed by atoms with Crippen molar-refractivity contribution in [3.63, 3.8) is 0 Å². The second-order valence-electron chi connectivity index (χ2n) is 10.8. The molecule has 30 heavy (non-hydrogen) atoms. The molecule has 4 heteroatoms. The molecule has 0 radical (unpaired) electrons. The van der Waals surface area contributed by atoms with Gasteiger partial charge in [0.15, 0.2) is 0 Å². The smallest absolute Gasteiger partial charge is 0.0811 e. The van der Waals surface area contributed by atoms with Crippen molar-refractivity contribution in [2.45, 2.75) is 103 Å². The molecule has 0 bridgehead atoms. The lowest BCUT2D eigenvalue weighted by Crippen LogP contribution is -2.39. The molecule has 3 aliphatic carbocycles. The highest BCUT2D eigenvalue weighted by atomic mass is 16.5. The number of rotatable bonds is 6. The summed E-state index contributed by atoms with van der Waals surface area (Å²) in [6.07, 6.45) is 11.0. The SMILES string of the molecule is C=C1/C(=C\C=C2/CCC[C@]3(C)[C@@H]([C@H](C)OCCC(C)(C)O)CC[C@@H]23)CC(O)CC1O. The van der Waals surface area contributed by atoms with Crippen LogP contribution < -0.4 is 0 Å². The largest absolute Gasteiger partial charge is 0.393 e. The Labute approximate surface area is 182 Å². The van der Waals surface area contributed by atoms with Crippen LogP contribution in [0.25, 0.3) is 0 Å². The van der Waals surface area contributed by atoms with Gasteiger partial charge in [0.2, 0.25) is 0 Å². The molecule has 3 rings (SSSR count). The van der Waals surface area contributed by atoms with Gasteiger partial charge in [0.05, 0.1) is 23.9 Å². The van der Waals surface area contributed by atoms with E-state index in [0.29, 0.717) is 37.7 Å². The van der Waals surface area contributed by atoms with Crippen LogP contribution in [0, 0.1) is 17.3 Å². The minimum absolute atomic E-state index is 0.198. The molecular formula is C26H42O4. The third-order valence-corrected chi connectivity index (χ3v) is 7.96. The molecule has 6 atom stereocenters. The van der Waals surface area contributed by atoms with Crippen molar-refractivity contribution in [1.82, 2.24) is 0 Å². The lowest BCUT2D eigenvalue weighted by Gasteiger charge is -2.44. The quantitative estimate of drug-likeness (QED) is 0.585. The molecule has 0 aliphatic heterocycles. The van der Waals surface area contributed by atoms with E-state index in [1.807, 2.05) is 13.8 Å². The number of aliphatic hydroxyl groups excluding tert-OH is 2. The zero-order valence-electron chi connectivity index (χ0n) is 19.4. The lowest BCUT2D eigenvalue weighted by atomic mass is 9.62. The topological polar surface area (TPSA) is 69.9 Å². The molecule has 0 aromatic carbocycles. The molecule has 0 saturated heterocycles. The number of hydrogen-bond acceptors (Lipinski definition) is 4. The van der Waals surface area contributed by atoms with Crippen molar-refractivity contribution in [1.29, 1.82) is 0 Å². The minimum Gasteiger partial charge on any atom is -0.393 e. The van der Waals surface area contributed by atoms with Crippen molar-refractivity contribution in [3.05, 3.63) is 35.5 Å². The first kappa shape index (κ1) is 23.7. The van der Waals surface area contributed by atoms with Crippen LogP contribution in [0.15, 0.2) is 35.5 Å². The fourth-order valence-corrected chi connectivity index (χ4v) is 6.13. The molecule has 170 valence electrons. The summed E-state index contributed by atoms with van der Waals surface area (Å²) in [4.78, 5) is 0. The molecule has 3 aliphatic rings. The van der Waals surface area contributed by atoms with Gasteiger partial charge in [-0.05, 0) is 94.1 Å². The van der Waals surface area contributed by atoms with Crippen LogP contribution in [-0.4, -0.2) is 45.8 Å². The Hall–Kier alpha value is -0.940. The Kier molecular flexibility index (Phi) is 7.33. The summed E-state index contributed by atoms with van der Waals surface area (Å²) < 4.78 is 6.19. The molecule has 0 spiro atoms. The molecule has 4 nitrogen and oxygen atoms in total. The maximum atomic E-state index is 10.1. The second-order valence-corrected chi connectivity index (χ2v) is 10.8. The lowest BCUT2D eigenvalue weighted by molar-refractivity contribution is -0.0454. The third-order valence-electron chi connectivity index (χ3n) is 7.96. The molecule has 3 saturated carbocycles. The van der Waals surface area contributed by atoms with E-state index in [2.05, 4.69) is 32.6 Å². The van der Waals surface area contributed by atoms with Gasteiger partial charge in [-0.2, -0.15) is 0 Å². The summed E-state index contributed by atoms with van der Waals surface area (Å²) in [6.45, 7) is 13.0. The minimum atomic E-state index is -0.680. The van der Waals surface area contributed by atoms with E-state index in [1.165, 1.54) is 31.3 Å². The van der Waals surface area contributed by atoms with Crippen molar-refractivity contribution in [3.8, 4) is 0 Å². The number of aliphatic hydroxyl groups is 3. The highest BCUT2D eigenvalue weighted by molar-refractivity contribution is 5.38. The van der Waals surface area contributed by atoms with Gasteiger partial charge in [-0.25, -0.2) is 0 Å².